The molecule has 2 heterocycles. The van der Waals surface area contributed by atoms with Gasteiger partial charge in [0.15, 0.2) is 11.9 Å². The number of anilines is 1. The second kappa shape index (κ2) is 26.1. The van der Waals surface area contributed by atoms with Crippen LogP contribution in [0.3, 0.4) is 0 Å². The zero-order chi connectivity index (χ0) is 42.5. The van der Waals surface area contributed by atoms with Gasteiger partial charge < -0.3 is 44.1 Å². The smallest absolute Gasteiger partial charge is 0.307 e. The Balaban J connectivity index is 1.39. The molecule has 3 rings (SSSR count). The Morgan fingerprint density at radius 1 is 0.983 bits per heavy atom. The third-order valence-corrected chi connectivity index (χ3v) is 11.0. The Bertz CT molecular complexity index is 1410. The third-order valence-electron chi connectivity index (χ3n) is 10.5. The molecule has 0 amide bonds. The molecule has 3 N–H and O–H groups in total. The molecule has 7 atom stereocenters. The van der Waals surface area contributed by atoms with E-state index in [4.69, 9.17) is 23.7 Å². The number of allylic oxidation sites excluding steroid dienone is 2. The van der Waals surface area contributed by atoms with Crippen LogP contribution in [-0.2, 0) is 38.1 Å². The second-order valence-electron chi connectivity index (χ2n) is 16.6. The summed E-state index contributed by atoms with van der Waals surface area (Å²) in [6, 6.07) is 0. The Morgan fingerprint density at radius 2 is 1.71 bits per heavy atom. The number of esters is 3. The van der Waals surface area contributed by atoms with E-state index >= 15 is 0 Å². The highest BCUT2D eigenvalue weighted by atomic mass is 32.1. The number of aliphatic hydroxyl groups excluding tert-OH is 2. The van der Waals surface area contributed by atoms with E-state index in [0.29, 0.717) is 83.1 Å². The van der Waals surface area contributed by atoms with E-state index in [9.17, 15) is 29.4 Å². The first kappa shape index (κ1) is 49.2. The number of nitrogens with zero attached hydrogens (tertiary/aromatic N) is 3. The quantitative estimate of drug-likeness (QED) is 0.0435. The zero-order valence-corrected chi connectivity index (χ0v) is 36.5. The van der Waals surface area contributed by atoms with Crippen molar-refractivity contribution in [3.05, 3.63) is 12.2 Å². The van der Waals surface area contributed by atoms with E-state index < -0.39 is 36.4 Å². The molecule has 330 valence electrons. The number of hydrogen-bond acceptors (Lipinski definition) is 16. The van der Waals surface area contributed by atoms with Crippen LogP contribution in [0.1, 0.15) is 131 Å². The van der Waals surface area contributed by atoms with Gasteiger partial charge in [0.1, 0.15) is 18.8 Å². The van der Waals surface area contributed by atoms with Crippen molar-refractivity contribution in [2.75, 3.05) is 44.4 Å². The number of carbonyl (C=O) groups is 4. The number of morpholine rings is 1. The lowest BCUT2D eigenvalue weighted by atomic mass is 9.85. The van der Waals surface area contributed by atoms with Gasteiger partial charge in [0.2, 0.25) is 5.82 Å². The molecule has 2 fully saturated rings. The monoisotopic (exact) mass is 838 g/mol. The SMILES string of the molecule is CCCCCC[C@@H](O)CC[C@H]1[C@H](C/C=C\CCCC(=O)C(C)OC(=O)CCC(=O)OC(CNC(C)(C)C)COc2nsnc2N2CCOCC2)[C@H](OC(C)=O)C[C@@H]1O. The highest BCUT2D eigenvalue weighted by Gasteiger charge is 2.43. The first-order valence-electron chi connectivity index (χ1n) is 21.3. The summed E-state index contributed by atoms with van der Waals surface area (Å²) in [6.45, 7) is 13.9. The summed E-state index contributed by atoms with van der Waals surface area (Å²) in [5.41, 5.74) is -0.243. The van der Waals surface area contributed by atoms with Gasteiger partial charge in [-0.1, -0.05) is 44.8 Å². The molecule has 58 heavy (non-hydrogen) atoms. The van der Waals surface area contributed by atoms with Crippen molar-refractivity contribution >= 4 is 41.2 Å². The third kappa shape index (κ3) is 18.8. The number of Topliss-reactive ketones (excluding diaryl/α,β-unsaturated/α-hetero) is 1. The van der Waals surface area contributed by atoms with E-state index in [0.717, 1.165) is 43.8 Å². The Labute approximate surface area is 349 Å². The van der Waals surface area contributed by atoms with Crippen LogP contribution in [0.5, 0.6) is 5.88 Å². The van der Waals surface area contributed by atoms with E-state index in [-0.39, 0.29) is 61.1 Å². The van der Waals surface area contributed by atoms with Crippen LogP contribution in [0.25, 0.3) is 0 Å². The van der Waals surface area contributed by atoms with Crippen molar-refractivity contribution in [3.63, 3.8) is 0 Å². The molecular formula is C42H70N4O11S. The number of unbranched alkanes of at least 4 members (excludes halogenated alkanes) is 4. The van der Waals surface area contributed by atoms with Crippen LogP contribution < -0.4 is 15.0 Å². The lowest BCUT2D eigenvalue weighted by molar-refractivity contribution is -0.158. The summed E-state index contributed by atoms with van der Waals surface area (Å²) in [6.07, 6.45) is 9.32. The predicted molar refractivity (Wildman–Crippen MR) is 221 cm³/mol. The molecular weight excluding hydrogens is 769 g/mol. The van der Waals surface area contributed by atoms with Gasteiger partial charge in [-0.3, -0.25) is 19.2 Å². The van der Waals surface area contributed by atoms with Gasteiger partial charge >= 0.3 is 17.9 Å². The van der Waals surface area contributed by atoms with Gasteiger partial charge in [-0.2, -0.15) is 4.37 Å². The number of hydrogen-bond donors (Lipinski definition) is 3. The molecule has 0 radical (unpaired) electrons. The molecule has 1 saturated heterocycles. The molecule has 1 aliphatic heterocycles. The highest BCUT2D eigenvalue weighted by Crippen LogP contribution is 2.40. The number of carbonyl (C=O) groups excluding carboxylic acids is 4. The first-order chi connectivity index (χ1) is 27.7. The van der Waals surface area contributed by atoms with Crippen molar-refractivity contribution in [3.8, 4) is 5.88 Å². The normalized spacial score (nSPS) is 21.4. The van der Waals surface area contributed by atoms with E-state index in [2.05, 4.69) is 21.0 Å². The maximum atomic E-state index is 12.8. The van der Waals surface area contributed by atoms with E-state index in [1.165, 1.54) is 13.8 Å². The number of aromatic nitrogens is 2. The topological polar surface area (TPSA) is 196 Å². The average Bonchev–Trinajstić information content (AvgIpc) is 3.76. The summed E-state index contributed by atoms with van der Waals surface area (Å²) >= 11 is 1.04. The maximum Gasteiger partial charge on any atom is 0.307 e. The fourth-order valence-electron chi connectivity index (χ4n) is 7.27. The molecule has 1 saturated carbocycles. The Hall–Kier alpha value is -3.18. The number of ketones is 1. The van der Waals surface area contributed by atoms with Crippen LogP contribution in [-0.4, -0.2) is 118 Å². The number of rotatable bonds is 27. The fourth-order valence-corrected chi connectivity index (χ4v) is 7.79. The highest BCUT2D eigenvalue weighted by molar-refractivity contribution is 6.99. The van der Waals surface area contributed by atoms with Crippen LogP contribution in [0, 0.1) is 11.8 Å². The number of nitrogens with one attached hydrogen (secondary N) is 1. The summed E-state index contributed by atoms with van der Waals surface area (Å²) in [5, 5.41) is 24.7. The molecule has 0 spiro atoms. The van der Waals surface area contributed by atoms with E-state index in [1.807, 2.05) is 37.8 Å². The summed E-state index contributed by atoms with van der Waals surface area (Å²) in [7, 11) is 0. The van der Waals surface area contributed by atoms with E-state index in [1.54, 1.807) is 0 Å². The summed E-state index contributed by atoms with van der Waals surface area (Å²) in [4.78, 5) is 52.0. The van der Waals surface area contributed by atoms with Crippen LogP contribution >= 0.6 is 11.7 Å². The van der Waals surface area contributed by atoms with Crippen molar-refractivity contribution < 1.29 is 53.1 Å². The molecule has 1 aromatic rings. The van der Waals surface area contributed by atoms with Crippen molar-refractivity contribution in [1.29, 1.82) is 0 Å². The second-order valence-corrected chi connectivity index (χ2v) is 17.1. The van der Waals surface area contributed by atoms with Crippen LogP contribution in [0.2, 0.25) is 0 Å². The van der Waals surface area contributed by atoms with Gasteiger partial charge in [-0.15, -0.1) is 4.37 Å². The molecule has 2 unspecified atom stereocenters. The zero-order valence-electron chi connectivity index (χ0n) is 35.7. The molecule has 1 aromatic heterocycles. The minimum absolute atomic E-state index is 0.0338. The maximum absolute atomic E-state index is 12.8. The predicted octanol–water partition coefficient (Wildman–Crippen LogP) is 5.49. The van der Waals surface area contributed by atoms with Crippen LogP contribution in [0.15, 0.2) is 12.2 Å². The summed E-state index contributed by atoms with van der Waals surface area (Å²) < 4.78 is 36.7. The van der Waals surface area contributed by atoms with Crippen molar-refractivity contribution in [2.45, 2.75) is 167 Å². The Kier molecular flexibility index (Phi) is 22.1. The molecule has 15 nitrogen and oxygen atoms in total. The molecule has 2 aliphatic rings. The van der Waals surface area contributed by atoms with Gasteiger partial charge in [0.25, 0.3) is 5.88 Å². The first-order valence-corrected chi connectivity index (χ1v) is 22.0. The standard InChI is InChI=1S/C42H70N4O11S/c1-7-8-9-12-15-31(48)18-19-33-34(37(26-36(33)50)56-30(3)47)16-13-10-11-14-17-35(49)29(2)55-38(51)20-21-39(52)57-32(27-43-42(4,5)6)28-54-41-40(44-58-45-41)46-22-24-53-25-23-46/h10,13,29,31-34,36-37,43,48,50H,7-9,11-12,14-28H2,1-6H3/b13-10-/t29?,31-,32?,33+,34+,36+,37-/m1/s1. The number of ether oxygens (including phenoxy) is 5. The van der Waals surface area contributed by atoms with Crippen molar-refractivity contribution in [1.82, 2.24) is 14.1 Å². The lowest BCUT2D eigenvalue weighted by Gasteiger charge is -2.27. The average molecular weight is 839 g/mol. The van der Waals surface area contributed by atoms with Crippen LogP contribution in [0.4, 0.5) is 5.82 Å². The largest absolute Gasteiger partial charge is 0.470 e. The molecule has 1 aliphatic carbocycles. The van der Waals surface area contributed by atoms with Gasteiger partial charge in [-0.05, 0) is 72.1 Å². The van der Waals surface area contributed by atoms with Gasteiger partial charge in [0.05, 0.1) is 50.0 Å². The lowest BCUT2D eigenvalue weighted by Crippen LogP contribution is -2.44. The van der Waals surface area contributed by atoms with Crippen molar-refractivity contribution in [2.24, 2.45) is 11.8 Å². The summed E-state index contributed by atoms with van der Waals surface area (Å²) in [5.74, 6) is -0.997. The minimum Gasteiger partial charge on any atom is -0.470 e. The molecule has 0 bridgehead atoms. The number of aliphatic hydroxyl groups is 2. The minimum atomic E-state index is -0.954. The van der Waals surface area contributed by atoms with Gasteiger partial charge in [0, 0.05) is 50.9 Å². The fraction of sp³-hybridized carbons (Fsp3) is 0.810. The molecule has 0 aromatic carbocycles. The van der Waals surface area contributed by atoms with Gasteiger partial charge in [-0.25, -0.2) is 0 Å². The molecule has 16 heteroatoms. The Morgan fingerprint density at radius 3 is 2.40 bits per heavy atom.